The number of rotatable bonds is 9. The van der Waals surface area contributed by atoms with E-state index in [1.165, 1.54) is 11.3 Å². The number of halogens is 2. The third-order valence-electron chi connectivity index (χ3n) is 5.06. The van der Waals surface area contributed by atoms with Gasteiger partial charge in [-0.05, 0) is 41.6 Å². The van der Waals surface area contributed by atoms with Gasteiger partial charge in [-0.15, -0.1) is 24.8 Å². The van der Waals surface area contributed by atoms with Crippen LogP contribution in [0.4, 0.5) is 5.13 Å². The Hall–Kier alpha value is -2.29. The molecule has 1 heterocycles. The maximum Gasteiger partial charge on any atom is 0.257 e. The molecule has 0 saturated carbocycles. The monoisotopic (exact) mass is 535 g/mol. The highest BCUT2D eigenvalue weighted by Crippen LogP contribution is 2.39. The number of nitrogens with one attached hydrogen (secondary N) is 2. The summed E-state index contributed by atoms with van der Waals surface area (Å²) in [5.41, 5.74) is 4.68. The van der Waals surface area contributed by atoms with Crippen molar-refractivity contribution in [1.82, 2.24) is 10.3 Å². The standard InChI is InChI=1S/C25H25N3O2S2.2ClH/c1-30-21-13-12-20(18-6-4-3-5-7-18)23-22(21)27-25(32-23)28-24(29)19-10-8-17(9-11-19)16-26-14-15-31-2;;/h3-13,26H,14-16H2,1-2H3,(H,27,28,29);2*1H. The maximum absolute atomic E-state index is 12.8. The highest BCUT2D eigenvalue weighted by molar-refractivity contribution is 7.98. The van der Waals surface area contributed by atoms with Crippen molar-refractivity contribution in [2.45, 2.75) is 6.54 Å². The Morgan fingerprint density at radius 2 is 1.76 bits per heavy atom. The van der Waals surface area contributed by atoms with Crippen LogP contribution in [0.3, 0.4) is 0 Å². The van der Waals surface area contributed by atoms with Crippen molar-refractivity contribution in [1.29, 1.82) is 0 Å². The van der Waals surface area contributed by atoms with Gasteiger partial charge in [-0.1, -0.05) is 53.8 Å². The van der Waals surface area contributed by atoms with E-state index >= 15 is 0 Å². The van der Waals surface area contributed by atoms with Crippen LogP contribution in [0, 0.1) is 0 Å². The number of hydrogen-bond acceptors (Lipinski definition) is 6. The molecule has 0 aliphatic rings. The van der Waals surface area contributed by atoms with Gasteiger partial charge >= 0.3 is 0 Å². The lowest BCUT2D eigenvalue weighted by Crippen LogP contribution is -2.16. The average Bonchev–Trinajstić information content (AvgIpc) is 3.25. The van der Waals surface area contributed by atoms with Crippen molar-refractivity contribution in [3.63, 3.8) is 0 Å². The lowest BCUT2D eigenvalue weighted by molar-refractivity contribution is 0.102. The number of thioether (sulfide) groups is 1. The summed E-state index contributed by atoms with van der Waals surface area (Å²) in [5, 5.41) is 6.90. The van der Waals surface area contributed by atoms with Crippen molar-refractivity contribution in [3.05, 3.63) is 77.9 Å². The fraction of sp³-hybridized carbons (Fsp3) is 0.200. The Balaban J connectivity index is 0.00000204. The zero-order valence-corrected chi connectivity index (χ0v) is 22.1. The summed E-state index contributed by atoms with van der Waals surface area (Å²) in [6, 6.07) is 21.8. The molecule has 0 bridgehead atoms. The molecule has 0 spiro atoms. The summed E-state index contributed by atoms with van der Waals surface area (Å²) >= 11 is 3.27. The number of carbonyl (C=O) groups is 1. The van der Waals surface area contributed by atoms with Gasteiger partial charge < -0.3 is 10.1 Å². The first kappa shape index (κ1) is 28.0. The molecular formula is C25H27Cl2N3O2S2. The van der Waals surface area contributed by atoms with Crippen LogP contribution >= 0.6 is 47.9 Å². The molecule has 0 atom stereocenters. The molecule has 0 radical (unpaired) electrons. The van der Waals surface area contributed by atoms with Crippen molar-refractivity contribution in [2.75, 3.05) is 31.0 Å². The summed E-state index contributed by atoms with van der Waals surface area (Å²) in [4.78, 5) is 17.5. The molecule has 1 aromatic heterocycles. The molecule has 5 nitrogen and oxygen atoms in total. The van der Waals surface area contributed by atoms with Crippen LogP contribution in [0.5, 0.6) is 5.75 Å². The van der Waals surface area contributed by atoms with Gasteiger partial charge in [-0.2, -0.15) is 11.8 Å². The van der Waals surface area contributed by atoms with Crippen LogP contribution < -0.4 is 15.4 Å². The maximum atomic E-state index is 12.8. The second kappa shape index (κ2) is 13.6. The largest absolute Gasteiger partial charge is 0.494 e. The van der Waals surface area contributed by atoms with E-state index in [9.17, 15) is 4.79 Å². The molecule has 3 aromatic carbocycles. The zero-order chi connectivity index (χ0) is 22.3. The number of carbonyl (C=O) groups excluding carboxylic acids is 1. The van der Waals surface area contributed by atoms with Gasteiger partial charge in [0.25, 0.3) is 5.91 Å². The van der Waals surface area contributed by atoms with E-state index in [-0.39, 0.29) is 30.7 Å². The predicted molar refractivity (Wildman–Crippen MR) is 151 cm³/mol. The van der Waals surface area contributed by atoms with Crippen molar-refractivity contribution in [2.24, 2.45) is 0 Å². The van der Waals surface area contributed by atoms with Crippen molar-refractivity contribution in [3.8, 4) is 16.9 Å². The molecule has 4 aromatic rings. The topological polar surface area (TPSA) is 63.2 Å². The van der Waals surface area contributed by atoms with E-state index in [0.717, 1.165) is 45.7 Å². The van der Waals surface area contributed by atoms with Crippen molar-refractivity contribution >= 4 is 69.2 Å². The van der Waals surface area contributed by atoms with Gasteiger partial charge in [-0.25, -0.2) is 4.98 Å². The summed E-state index contributed by atoms with van der Waals surface area (Å²) in [6.07, 6.45) is 2.10. The zero-order valence-electron chi connectivity index (χ0n) is 18.9. The number of nitrogens with zero attached hydrogens (tertiary/aromatic N) is 1. The lowest BCUT2D eigenvalue weighted by atomic mass is 10.1. The molecule has 180 valence electrons. The van der Waals surface area contributed by atoms with Crippen LogP contribution in [0.1, 0.15) is 15.9 Å². The van der Waals surface area contributed by atoms with Gasteiger partial charge in [-0.3, -0.25) is 10.1 Å². The van der Waals surface area contributed by atoms with Gasteiger partial charge in [0.15, 0.2) is 5.13 Å². The summed E-state index contributed by atoms with van der Waals surface area (Å²) < 4.78 is 6.49. The van der Waals surface area contributed by atoms with Gasteiger partial charge in [0, 0.05) is 30.0 Å². The first-order chi connectivity index (χ1) is 15.7. The molecule has 1 amide bonds. The van der Waals surface area contributed by atoms with Crippen LogP contribution in [0.25, 0.3) is 21.3 Å². The highest BCUT2D eigenvalue weighted by Gasteiger charge is 2.16. The molecule has 0 aliphatic heterocycles. The van der Waals surface area contributed by atoms with Gasteiger partial charge in [0.1, 0.15) is 11.3 Å². The average molecular weight is 537 g/mol. The lowest BCUT2D eigenvalue weighted by Gasteiger charge is -2.05. The Kier molecular flexibility index (Phi) is 11.1. The first-order valence-electron chi connectivity index (χ1n) is 10.3. The number of amides is 1. The van der Waals surface area contributed by atoms with Gasteiger partial charge in [0.2, 0.25) is 0 Å². The third kappa shape index (κ3) is 6.64. The fourth-order valence-electron chi connectivity index (χ4n) is 3.40. The number of hydrogen-bond donors (Lipinski definition) is 2. The Labute approximate surface area is 220 Å². The molecule has 0 aliphatic carbocycles. The van der Waals surface area contributed by atoms with Crippen molar-refractivity contribution < 1.29 is 9.53 Å². The number of methoxy groups -OCH3 is 1. The first-order valence-corrected chi connectivity index (χ1v) is 12.5. The smallest absolute Gasteiger partial charge is 0.257 e. The van der Waals surface area contributed by atoms with E-state index in [0.29, 0.717) is 16.4 Å². The Morgan fingerprint density at radius 3 is 2.44 bits per heavy atom. The molecular weight excluding hydrogens is 509 g/mol. The Morgan fingerprint density at radius 1 is 1.03 bits per heavy atom. The van der Waals surface area contributed by atoms with Crippen LogP contribution in [-0.4, -0.2) is 36.6 Å². The second-order valence-electron chi connectivity index (χ2n) is 7.20. The normalized spacial score (nSPS) is 10.3. The van der Waals surface area contributed by atoms with Crippen LogP contribution in [0.15, 0.2) is 66.7 Å². The van der Waals surface area contributed by atoms with E-state index < -0.39 is 0 Å². The van der Waals surface area contributed by atoms with E-state index in [2.05, 4.69) is 34.0 Å². The minimum atomic E-state index is -0.175. The number of anilines is 1. The minimum absolute atomic E-state index is 0. The number of aromatic nitrogens is 1. The summed E-state index contributed by atoms with van der Waals surface area (Å²) in [7, 11) is 1.63. The number of benzene rings is 3. The quantitative estimate of drug-likeness (QED) is 0.239. The molecule has 9 heteroatoms. The van der Waals surface area contributed by atoms with Gasteiger partial charge in [0.05, 0.1) is 11.8 Å². The number of thiazole rings is 1. The number of ether oxygens (including phenoxy) is 1. The SMILES string of the molecule is COc1ccc(-c2ccccc2)c2sc(NC(=O)c3ccc(CNCCSC)cc3)nc12.Cl.Cl. The summed E-state index contributed by atoms with van der Waals surface area (Å²) in [5.74, 6) is 1.60. The minimum Gasteiger partial charge on any atom is -0.494 e. The Bertz CT molecular complexity index is 1200. The van der Waals surface area contributed by atoms with E-state index in [1.54, 1.807) is 7.11 Å². The molecule has 34 heavy (non-hydrogen) atoms. The molecule has 2 N–H and O–H groups in total. The molecule has 0 fully saturated rings. The van der Waals surface area contributed by atoms with Crippen LogP contribution in [-0.2, 0) is 6.54 Å². The van der Waals surface area contributed by atoms with E-state index in [1.807, 2.05) is 66.4 Å². The predicted octanol–water partition coefficient (Wildman–Crippen LogP) is 6.52. The van der Waals surface area contributed by atoms with E-state index in [4.69, 9.17) is 4.74 Å². The summed E-state index contributed by atoms with van der Waals surface area (Å²) in [6.45, 7) is 1.76. The van der Waals surface area contributed by atoms with Crippen LogP contribution in [0.2, 0.25) is 0 Å². The molecule has 0 saturated heterocycles. The highest BCUT2D eigenvalue weighted by atomic mass is 35.5. The molecule has 0 unspecified atom stereocenters. The number of fused-ring (bicyclic) bond motifs is 1. The fourth-order valence-corrected chi connectivity index (χ4v) is 4.76. The molecule has 4 rings (SSSR count). The second-order valence-corrected chi connectivity index (χ2v) is 9.18. The third-order valence-corrected chi connectivity index (χ3v) is 6.68.